The zero-order valence-electron chi connectivity index (χ0n) is 12.9. The fraction of sp³-hybridized carbons (Fsp3) is 0.400. The maximum Gasteiger partial charge on any atom is 0.309 e. The first kappa shape index (κ1) is 17.5. The van der Waals surface area contributed by atoms with Crippen molar-refractivity contribution < 1.29 is 19.1 Å². The number of hydrogen-bond donors (Lipinski definition) is 3. The summed E-state index contributed by atoms with van der Waals surface area (Å²) in [5, 5.41) is 7.55. The molecule has 7 heteroatoms. The predicted octanol–water partition coefficient (Wildman–Crippen LogP) is 0.125. The fourth-order valence-corrected chi connectivity index (χ4v) is 1.73. The van der Waals surface area contributed by atoms with Crippen LogP contribution in [0.3, 0.4) is 0 Å². The van der Waals surface area contributed by atoms with E-state index in [9.17, 15) is 14.4 Å². The van der Waals surface area contributed by atoms with Crippen molar-refractivity contribution in [3.8, 4) is 5.75 Å². The van der Waals surface area contributed by atoms with Crippen molar-refractivity contribution in [3.63, 3.8) is 0 Å². The van der Waals surface area contributed by atoms with Crippen LogP contribution >= 0.6 is 0 Å². The van der Waals surface area contributed by atoms with Crippen LogP contribution in [0.1, 0.15) is 25.5 Å². The maximum absolute atomic E-state index is 11.7. The highest BCUT2D eigenvalue weighted by molar-refractivity contribution is 6.35. The van der Waals surface area contributed by atoms with E-state index in [0.29, 0.717) is 0 Å². The van der Waals surface area contributed by atoms with E-state index in [1.807, 2.05) is 12.1 Å². The lowest BCUT2D eigenvalue weighted by Gasteiger charge is -2.14. The molecule has 1 rings (SSSR count). The van der Waals surface area contributed by atoms with Crippen molar-refractivity contribution >= 4 is 17.7 Å². The van der Waals surface area contributed by atoms with E-state index >= 15 is 0 Å². The van der Waals surface area contributed by atoms with Gasteiger partial charge in [-0.3, -0.25) is 14.4 Å². The molecule has 3 amide bonds. The van der Waals surface area contributed by atoms with Gasteiger partial charge >= 0.3 is 11.8 Å². The van der Waals surface area contributed by atoms with Gasteiger partial charge in [-0.2, -0.15) is 0 Å². The number of rotatable bonds is 6. The first-order valence-electron chi connectivity index (χ1n) is 6.91. The van der Waals surface area contributed by atoms with Gasteiger partial charge in [0.1, 0.15) is 5.75 Å². The molecule has 0 spiro atoms. The Labute approximate surface area is 129 Å². The SMILES string of the molecule is COc1ccc(C(C)NC(=O)C(=O)NCCNC(C)=O)cc1. The molecule has 120 valence electrons. The molecule has 1 unspecified atom stereocenters. The standard InChI is InChI=1S/C15H21N3O4/c1-10(12-4-6-13(22-3)7-5-12)18-15(21)14(20)17-9-8-16-11(2)19/h4-7,10H,8-9H2,1-3H3,(H,16,19)(H,17,20)(H,18,21). The summed E-state index contributed by atoms with van der Waals surface area (Å²) in [5.41, 5.74) is 0.861. The first-order valence-corrected chi connectivity index (χ1v) is 6.91. The molecule has 0 aliphatic rings. The highest BCUT2D eigenvalue weighted by atomic mass is 16.5. The molecule has 0 bridgehead atoms. The molecule has 0 aromatic heterocycles. The van der Waals surface area contributed by atoms with Gasteiger partial charge in [-0.1, -0.05) is 12.1 Å². The van der Waals surface area contributed by atoms with E-state index in [0.717, 1.165) is 11.3 Å². The zero-order chi connectivity index (χ0) is 16.5. The quantitative estimate of drug-likeness (QED) is 0.514. The van der Waals surface area contributed by atoms with Crippen LogP contribution in [-0.4, -0.2) is 37.9 Å². The number of carbonyl (C=O) groups excluding carboxylic acids is 3. The summed E-state index contributed by atoms with van der Waals surface area (Å²) in [7, 11) is 1.57. The van der Waals surface area contributed by atoms with Crippen LogP contribution in [0.5, 0.6) is 5.75 Å². The normalized spacial score (nSPS) is 11.2. The molecule has 3 N–H and O–H groups in total. The van der Waals surface area contributed by atoms with Crippen molar-refractivity contribution in [2.24, 2.45) is 0 Å². The average molecular weight is 307 g/mol. The summed E-state index contributed by atoms with van der Waals surface area (Å²) in [5.74, 6) is -0.915. The van der Waals surface area contributed by atoms with Gasteiger partial charge in [-0.05, 0) is 24.6 Å². The predicted molar refractivity (Wildman–Crippen MR) is 81.2 cm³/mol. The van der Waals surface area contributed by atoms with E-state index in [4.69, 9.17) is 4.74 Å². The van der Waals surface area contributed by atoms with Crippen molar-refractivity contribution in [1.29, 1.82) is 0 Å². The minimum Gasteiger partial charge on any atom is -0.497 e. The van der Waals surface area contributed by atoms with E-state index in [1.165, 1.54) is 6.92 Å². The lowest BCUT2D eigenvalue weighted by molar-refractivity contribution is -0.139. The Balaban J connectivity index is 2.41. The molecule has 1 atom stereocenters. The van der Waals surface area contributed by atoms with Crippen LogP contribution in [0.15, 0.2) is 24.3 Å². The Hall–Kier alpha value is -2.57. The Morgan fingerprint density at radius 1 is 1.05 bits per heavy atom. The van der Waals surface area contributed by atoms with E-state index in [-0.39, 0.29) is 25.0 Å². The number of methoxy groups -OCH3 is 1. The molecule has 0 radical (unpaired) electrons. The summed E-state index contributed by atoms with van der Waals surface area (Å²) >= 11 is 0. The van der Waals surface area contributed by atoms with Crippen LogP contribution in [0.4, 0.5) is 0 Å². The number of ether oxygens (including phenoxy) is 1. The molecular formula is C15H21N3O4. The van der Waals surface area contributed by atoms with Gasteiger partial charge in [0, 0.05) is 20.0 Å². The molecule has 7 nitrogen and oxygen atoms in total. The second-order valence-corrected chi connectivity index (χ2v) is 4.71. The average Bonchev–Trinajstić information content (AvgIpc) is 2.51. The summed E-state index contributed by atoms with van der Waals surface area (Å²) in [6.45, 7) is 3.64. The molecule has 22 heavy (non-hydrogen) atoms. The third-order valence-corrected chi connectivity index (χ3v) is 2.95. The van der Waals surface area contributed by atoms with E-state index in [2.05, 4.69) is 16.0 Å². The molecule has 0 aliphatic carbocycles. The molecule has 1 aromatic carbocycles. The van der Waals surface area contributed by atoms with Gasteiger partial charge < -0.3 is 20.7 Å². The van der Waals surface area contributed by atoms with Crippen LogP contribution < -0.4 is 20.7 Å². The smallest absolute Gasteiger partial charge is 0.309 e. The van der Waals surface area contributed by atoms with Gasteiger partial charge in [-0.25, -0.2) is 0 Å². The van der Waals surface area contributed by atoms with Crippen molar-refractivity contribution in [1.82, 2.24) is 16.0 Å². The molecule has 1 aromatic rings. The van der Waals surface area contributed by atoms with Gasteiger partial charge in [-0.15, -0.1) is 0 Å². The molecule has 0 saturated heterocycles. The van der Waals surface area contributed by atoms with Crippen LogP contribution in [0, 0.1) is 0 Å². The molecular weight excluding hydrogens is 286 g/mol. The zero-order valence-corrected chi connectivity index (χ0v) is 12.9. The summed E-state index contributed by atoms with van der Waals surface area (Å²) < 4.78 is 5.06. The number of benzene rings is 1. The summed E-state index contributed by atoms with van der Waals surface area (Å²) in [4.78, 5) is 34.0. The highest BCUT2D eigenvalue weighted by Gasteiger charge is 2.16. The van der Waals surface area contributed by atoms with Crippen molar-refractivity contribution in [3.05, 3.63) is 29.8 Å². The van der Waals surface area contributed by atoms with E-state index < -0.39 is 11.8 Å². The molecule has 0 heterocycles. The Kier molecular flexibility index (Phi) is 6.88. The number of nitrogens with one attached hydrogen (secondary N) is 3. The third-order valence-electron chi connectivity index (χ3n) is 2.95. The molecule has 0 fully saturated rings. The largest absolute Gasteiger partial charge is 0.497 e. The van der Waals surface area contributed by atoms with Crippen LogP contribution in [0.25, 0.3) is 0 Å². The van der Waals surface area contributed by atoms with Crippen LogP contribution in [-0.2, 0) is 14.4 Å². The third kappa shape index (κ3) is 5.82. The fourth-order valence-electron chi connectivity index (χ4n) is 1.73. The Morgan fingerprint density at radius 3 is 2.18 bits per heavy atom. The number of amides is 3. The molecule has 0 saturated carbocycles. The van der Waals surface area contributed by atoms with Gasteiger partial charge in [0.2, 0.25) is 5.91 Å². The molecule has 0 aliphatic heterocycles. The second-order valence-electron chi connectivity index (χ2n) is 4.71. The summed E-state index contributed by atoms with van der Waals surface area (Å²) in [6, 6.07) is 6.90. The first-order chi connectivity index (χ1) is 10.4. The number of hydrogen-bond acceptors (Lipinski definition) is 4. The van der Waals surface area contributed by atoms with E-state index in [1.54, 1.807) is 26.2 Å². The maximum atomic E-state index is 11.7. The van der Waals surface area contributed by atoms with Gasteiger partial charge in [0.15, 0.2) is 0 Å². The van der Waals surface area contributed by atoms with Crippen LogP contribution in [0.2, 0.25) is 0 Å². The monoisotopic (exact) mass is 307 g/mol. The highest BCUT2D eigenvalue weighted by Crippen LogP contribution is 2.16. The second kappa shape index (κ2) is 8.66. The number of carbonyl (C=O) groups is 3. The van der Waals surface area contributed by atoms with Gasteiger partial charge in [0.05, 0.1) is 13.2 Å². The van der Waals surface area contributed by atoms with Gasteiger partial charge in [0.25, 0.3) is 0 Å². The minimum absolute atomic E-state index is 0.188. The minimum atomic E-state index is -0.731. The summed E-state index contributed by atoms with van der Waals surface area (Å²) in [6.07, 6.45) is 0. The van der Waals surface area contributed by atoms with Crippen molar-refractivity contribution in [2.45, 2.75) is 19.9 Å². The Bertz CT molecular complexity index is 528. The lowest BCUT2D eigenvalue weighted by Crippen LogP contribution is -2.43. The van der Waals surface area contributed by atoms with Crippen molar-refractivity contribution in [2.75, 3.05) is 20.2 Å². The lowest BCUT2D eigenvalue weighted by atomic mass is 10.1. The topological polar surface area (TPSA) is 96.5 Å². The Morgan fingerprint density at radius 2 is 1.64 bits per heavy atom.